The fraction of sp³-hybridized carbons (Fsp3) is 0.910. The molecular formula is C78H149F3N4O12. The second-order valence-corrected chi connectivity index (χ2v) is 27.5. The van der Waals surface area contributed by atoms with Gasteiger partial charge in [-0.15, -0.1) is 0 Å². The van der Waals surface area contributed by atoms with E-state index < -0.39 is 18.1 Å². The van der Waals surface area contributed by atoms with Crippen molar-refractivity contribution in [3.8, 4) is 0 Å². The molecule has 97 heavy (non-hydrogen) atoms. The van der Waals surface area contributed by atoms with Gasteiger partial charge in [0.05, 0.1) is 39.5 Å². The molecule has 0 saturated heterocycles. The fourth-order valence-electron chi connectivity index (χ4n) is 11.3. The van der Waals surface area contributed by atoms with E-state index >= 15 is 0 Å². The van der Waals surface area contributed by atoms with Crippen LogP contribution in [0.4, 0.5) is 13.2 Å². The van der Waals surface area contributed by atoms with E-state index in [1.807, 2.05) is 19.0 Å². The van der Waals surface area contributed by atoms with Crippen LogP contribution in [0.2, 0.25) is 0 Å². The Kier molecular flexibility index (Phi) is 74.8. The maximum atomic E-state index is 13.1. The first kappa shape index (κ1) is 97.2. The molecule has 0 unspecified atom stereocenters. The molecule has 0 bridgehead atoms. The Balaban J connectivity index is -0.00000165. The Hall–Kier alpha value is -4.00. The van der Waals surface area contributed by atoms with Gasteiger partial charge in [0.15, 0.2) is 0 Å². The lowest BCUT2D eigenvalue weighted by Gasteiger charge is -2.24. The standard InChI is InChI=1S/C38H74N2O5.C36H66F3NO5.C4H9NO2/c1-5-7-9-11-13-15-17-19-21-23-25-29-37(42)44-33-27-31-40(36(41)35-39(3)4)32-28-34-45-38(43)30-26-24-22-20-18-16-14-12-10-8-6-2;1-3-5-7-9-11-13-15-17-19-21-23-27-33(41)44-31-25-29-40(35(43)36(37,38)39)30-26-32-45-34(42)28-24-22-20-18-16-14-12-10-8-6-4-2;1-5(2)3-4(6)7/h5-35H2,1-4H3;3-32H2,1-2H3;3H2,1-2H3,(H,6,7). The summed E-state index contributed by atoms with van der Waals surface area (Å²) in [5, 5.41) is 8.04. The lowest BCUT2D eigenvalue weighted by Crippen LogP contribution is -2.42. The Morgan fingerprint density at radius 3 is 0.660 bits per heavy atom. The van der Waals surface area contributed by atoms with E-state index in [2.05, 4.69) is 27.7 Å². The first-order valence-electron chi connectivity index (χ1n) is 39.5. The minimum absolute atomic E-state index is 0.0353. The number of alkyl halides is 3. The summed E-state index contributed by atoms with van der Waals surface area (Å²) in [4.78, 5) is 88.6. The number of hydrogen-bond acceptors (Lipinski definition) is 13. The van der Waals surface area contributed by atoms with Crippen LogP contribution in [-0.2, 0) is 52.5 Å². The van der Waals surface area contributed by atoms with E-state index in [0.29, 0.717) is 76.3 Å². The van der Waals surface area contributed by atoms with E-state index in [1.165, 1.54) is 218 Å². The molecule has 0 aromatic carbocycles. The highest BCUT2D eigenvalue weighted by atomic mass is 19.4. The number of amides is 2. The second kappa shape index (κ2) is 74.7. The molecule has 0 aromatic rings. The number of halogens is 3. The number of aliphatic carboxylic acids is 1. The molecule has 0 radical (unpaired) electrons. The largest absolute Gasteiger partial charge is 0.480 e. The fourth-order valence-corrected chi connectivity index (χ4v) is 11.3. The van der Waals surface area contributed by atoms with E-state index in [4.69, 9.17) is 24.1 Å². The molecule has 0 saturated carbocycles. The molecule has 0 heterocycles. The smallest absolute Gasteiger partial charge is 0.471 e. The van der Waals surface area contributed by atoms with Crippen molar-refractivity contribution in [3.63, 3.8) is 0 Å². The van der Waals surface area contributed by atoms with Crippen molar-refractivity contribution < 1.29 is 70.8 Å². The summed E-state index contributed by atoms with van der Waals surface area (Å²) in [7, 11) is 7.19. The topological polar surface area (TPSA) is 190 Å². The molecule has 19 heteroatoms. The highest BCUT2D eigenvalue weighted by Crippen LogP contribution is 2.21. The third-order valence-corrected chi connectivity index (χ3v) is 17.1. The van der Waals surface area contributed by atoms with Crippen molar-refractivity contribution in [2.75, 3.05) is 93.9 Å². The second-order valence-electron chi connectivity index (χ2n) is 27.5. The SMILES string of the molecule is CCCCCCCCCCCCCC(=O)OCCCN(CCCOC(=O)CCCCCCCCCCCCC)C(=O)C(F)(F)F.CCCCCCCCCCCCCC(=O)OCCCN(CCCOC(=O)CCCCCCCCCCCCC)C(=O)CN(C)C.CN(C)CC(=O)O. The van der Waals surface area contributed by atoms with Crippen LogP contribution in [0.5, 0.6) is 0 Å². The van der Waals surface area contributed by atoms with Crippen molar-refractivity contribution >= 4 is 41.7 Å². The maximum absolute atomic E-state index is 13.1. The van der Waals surface area contributed by atoms with Gasteiger partial charge < -0.3 is 38.8 Å². The molecule has 0 atom stereocenters. The van der Waals surface area contributed by atoms with Crippen LogP contribution in [0.1, 0.15) is 362 Å². The lowest BCUT2D eigenvalue weighted by molar-refractivity contribution is -0.185. The molecule has 574 valence electrons. The molecule has 0 rings (SSSR count). The number of carbonyl (C=O) groups excluding carboxylic acids is 6. The maximum Gasteiger partial charge on any atom is 0.471 e. The number of nitrogens with zero attached hydrogens (tertiary/aromatic N) is 4. The Labute approximate surface area is 591 Å². The minimum atomic E-state index is -4.99. The highest BCUT2D eigenvalue weighted by Gasteiger charge is 2.42. The number of carbonyl (C=O) groups is 7. The molecule has 0 spiro atoms. The molecular weight excluding hydrogens is 1240 g/mol. The van der Waals surface area contributed by atoms with Gasteiger partial charge in [-0.1, -0.05) is 285 Å². The van der Waals surface area contributed by atoms with Gasteiger partial charge in [-0.2, -0.15) is 13.2 Å². The number of esters is 4. The predicted octanol–water partition coefficient (Wildman–Crippen LogP) is 19.9. The summed E-state index contributed by atoms with van der Waals surface area (Å²) in [6.45, 7) is 10.7. The van der Waals surface area contributed by atoms with Crippen LogP contribution in [0, 0.1) is 0 Å². The van der Waals surface area contributed by atoms with Gasteiger partial charge in [0.25, 0.3) is 0 Å². The molecule has 0 fully saturated rings. The van der Waals surface area contributed by atoms with E-state index in [-0.39, 0.29) is 75.5 Å². The number of likely N-dealkylation sites (N-methyl/N-ethyl adjacent to an activating group) is 2. The molecule has 2 amide bonds. The number of ether oxygens (including phenoxy) is 4. The number of carboxylic acids is 1. The molecule has 0 aromatic heterocycles. The molecule has 1 N–H and O–H groups in total. The van der Waals surface area contributed by atoms with Crippen LogP contribution < -0.4 is 0 Å². The number of unbranched alkanes of at least 4 members (excludes halogenated alkanes) is 40. The highest BCUT2D eigenvalue weighted by molar-refractivity contribution is 5.82. The zero-order valence-electron chi connectivity index (χ0n) is 63.7. The molecule has 0 aliphatic carbocycles. The molecule has 0 aliphatic heterocycles. The lowest BCUT2D eigenvalue weighted by atomic mass is 10.1. The Bertz CT molecular complexity index is 1720. The first-order chi connectivity index (χ1) is 46.7. The Morgan fingerprint density at radius 2 is 0.485 bits per heavy atom. The zero-order chi connectivity index (χ0) is 72.5. The van der Waals surface area contributed by atoms with Crippen molar-refractivity contribution in [2.24, 2.45) is 0 Å². The molecule has 0 aliphatic rings. The van der Waals surface area contributed by atoms with Crippen LogP contribution in [0.3, 0.4) is 0 Å². The molecule has 16 nitrogen and oxygen atoms in total. The van der Waals surface area contributed by atoms with E-state index in [1.54, 1.807) is 23.9 Å². The van der Waals surface area contributed by atoms with Gasteiger partial charge in [-0.25, -0.2) is 0 Å². The van der Waals surface area contributed by atoms with E-state index in [0.717, 1.165) is 64.2 Å². The van der Waals surface area contributed by atoms with E-state index in [9.17, 15) is 46.7 Å². The summed E-state index contributed by atoms with van der Waals surface area (Å²) in [6, 6.07) is 0. The van der Waals surface area contributed by atoms with Gasteiger partial charge in [0.1, 0.15) is 0 Å². The summed E-state index contributed by atoms with van der Waals surface area (Å²) in [6.07, 6.45) is 51.7. The van der Waals surface area contributed by atoms with Gasteiger partial charge >= 0.3 is 41.9 Å². The van der Waals surface area contributed by atoms with Gasteiger partial charge in [-0.05, 0) is 79.6 Å². The van der Waals surface area contributed by atoms with Crippen molar-refractivity contribution in [1.29, 1.82) is 0 Å². The number of carboxylic acid groups (broad SMARTS) is 1. The van der Waals surface area contributed by atoms with Gasteiger partial charge in [0, 0.05) is 51.9 Å². The first-order valence-corrected chi connectivity index (χ1v) is 39.5. The van der Waals surface area contributed by atoms with Crippen molar-refractivity contribution in [2.45, 2.75) is 368 Å². The summed E-state index contributed by atoms with van der Waals surface area (Å²) < 4.78 is 60.5. The van der Waals surface area contributed by atoms with Crippen molar-refractivity contribution in [1.82, 2.24) is 19.6 Å². The van der Waals surface area contributed by atoms with Crippen LogP contribution in [-0.4, -0.2) is 166 Å². The monoisotopic (exact) mass is 1390 g/mol. The predicted molar refractivity (Wildman–Crippen MR) is 391 cm³/mol. The number of rotatable bonds is 68. The van der Waals surface area contributed by atoms with Gasteiger partial charge in [0.2, 0.25) is 5.91 Å². The third kappa shape index (κ3) is 77.6. The normalized spacial score (nSPS) is 11.2. The Morgan fingerprint density at radius 1 is 0.289 bits per heavy atom. The summed E-state index contributed by atoms with van der Waals surface area (Å²) in [5.41, 5.74) is 0. The zero-order valence-corrected chi connectivity index (χ0v) is 63.7. The van der Waals surface area contributed by atoms with Crippen LogP contribution in [0.15, 0.2) is 0 Å². The summed E-state index contributed by atoms with van der Waals surface area (Å²) >= 11 is 0. The van der Waals surface area contributed by atoms with Gasteiger partial charge in [-0.3, -0.25) is 38.5 Å². The quantitative estimate of drug-likeness (QED) is 0.0344. The van der Waals surface area contributed by atoms with Crippen LogP contribution in [0.25, 0.3) is 0 Å². The van der Waals surface area contributed by atoms with Crippen molar-refractivity contribution in [3.05, 3.63) is 0 Å². The number of hydrogen-bond donors (Lipinski definition) is 1. The third-order valence-electron chi connectivity index (χ3n) is 17.1. The minimum Gasteiger partial charge on any atom is -0.480 e. The average molecular weight is 1390 g/mol. The van der Waals surface area contributed by atoms with Crippen LogP contribution >= 0.6 is 0 Å². The summed E-state index contributed by atoms with van der Waals surface area (Å²) in [5.74, 6) is -3.66. The average Bonchev–Trinajstić information content (AvgIpc) is 2.24.